The first-order valence-electron chi connectivity index (χ1n) is 7.48. The van der Waals surface area contributed by atoms with E-state index in [-0.39, 0.29) is 18.4 Å². The summed E-state index contributed by atoms with van der Waals surface area (Å²) in [5.41, 5.74) is 7.83. The zero-order chi connectivity index (χ0) is 15.6. The third-order valence-corrected chi connectivity index (χ3v) is 5.86. The lowest BCUT2D eigenvalue weighted by Crippen LogP contribution is -2.45. The van der Waals surface area contributed by atoms with Gasteiger partial charge in [-0.15, -0.1) is 12.4 Å². The molecule has 1 heterocycles. The molecule has 6 heteroatoms. The van der Waals surface area contributed by atoms with Crippen LogP contribution < -0.4 is 5.73 Å². The van der Waals surface area contributed by atoms with E-state index in [1.807, 2.05) is 36.4 Å². The van der Waals surface area contributed by atoms with Crippen LogP contribution in [-0.2, 0) is 10.0 Å². The molecule has 0 amide bonds. The Kier molecular flexibility index (Phi) is 5.81. The molecule has 2 N–H and O–H groups in total. The summed E-state index contributed by atoms with van der Waals surface area (Å²) in [6, 6.07) is 16.8. The SMILES string of the molecule is Cl.NC1CCCN(S(=O)(=O)c2cccc(-c3ccccc3)c2)C1. The first kappa shape index (κ1) is 17.9. The van der Waals surface area contributed by atoms with Gasteiger partial charge >= 0.3 is 0 Å². The number of halogens is 1. The molecule has 0 saturated carbocycles. The van der Waals surface area contributed by atoms with E-state index in [1.165, 1.54) is 4.31 Å². The fourth-order valence-electron chi connectivity index (χ4n) is 2.81. The maximum atomic E-state index is 12.8. The Morgan fingerprint density at radius 3 is 2.39 bits per heavy atom. The Hall–Kier alpha value is -1.40. The smallest absolute Gasteiger partial charge is 0.243 e. The second-order valence-electron chi connectivity index (χ2n) is 5.66. The predicted molar refractivity (Wildman–Crippen MR) is 95.1 cm³/mol. The van der Waals surface area contributed by atoms with E-state index in [1.54, 1.807) is 18.2 Å². The van der Waals surface area contributed by atoms with Gasteiger partial charge in [0, 0.05) is 19.1 Å². The molecule has 0 bridgehead atoms. The van der Waals surface area contributed by atoms with E-state index in [0.717, 1.165) is 24.0 Å². The molecule has 1 saturated heterocycles. The number of sulfonamides is 1. The molecule has 1 aliphatic heterocycles. The van der Waals surface area contributed by atoms with Crippen LogP contribution >= 0.6 is 12.4 Å². The van der Waals surface area contributed by atoms with Gasteiger partial charge in [-0.3, -0.25) is 0 Å². The van der Waals surface area contributed by atoms with Gasteiger partial charge in [0.2, 0.25) is 10.0 Å². The third kappa shape index (κ3) is 3.93. The van der Waals surface area contributed by atoms with Crippen LogP contribution in [0.15, 0.2) is 59.5 Å². The summed E-state index contributed by atoms with van der Waals surface area (Å²) in [6.45, 7) is 0.948. The quantitative estimate of drug-likeness (QED) is 0.923. The van der Waals surface area contributed by atoms with Crippen LogP contribution in [0, 0.1) is 0 Å². The van der Waals surface area contributed by atoms with E-state index in [2.05, 4.69) is 0 Å². The van der Waals surface area contributed by atoms with E-state index < -0.39 is 10.0 Å². The van der Waals surface area contributed by atoms with E-state index >= 15 is 0 Å². The molecule has 0 aliphatic carbocycles. The fraction of sp³-hybridized carbons (Fsp3) is 0.294. The van der Waals surface area contributed by atoms with Crippen LogP contribution in [0.25, 0.3) is 11.1 Å². The number of piperidine rings is 1. The first-order valence-corrected chi connectivity index (χ1v) is 8.92. The summed E-state index contributed by atoms with van der Waals surface area (Å²) in [5.74, 6) is 0. The Morgan fingerprint density at radius 1 is 1.00 bits per heavy atom. The molecular weight excluding hydrogens is 332 g/mol. The number of rotatable bonds is 3. The Labute approximate surface area is 143 Å². The van der Waals surface area contributed by atoms with Crippen molar-refractivity contribution in [2.75, 3.05) is 13.1 Å². The molecule has 1 atom stereocenters. The maximum absolute atomic E-state index is 12.8. The minimum atomic E-state index is -3.47. The van der Waals surface area contributed by atoms with Crippen molar-refractivity contribution in [1.82, 2.24) is 4.31 Å². The number of nitrogens with zero attached hydrogens (tertiary/aromatic N) is 1. The maximum Gasteiger partial charge on any atom is 0.243 e. The molecule has 0 aromatic heterocycles. The molecule has 0 spiro atoms. The van der Waals surface area contributed by atoms with E-state index in [4.69, 9.17) is 5.73 Å². The van der Waals surface area contributed by atoms with Crippen LogP contribution in [0.4, 0.5) is 0 Å². The topological polar surface area (TPSA) is 63.4 Å². The van der Waals surface area contributed by atoms with Gasteiger partial charge in [0.1, 0.15) is 0 Å². The van der Waals surface area contributed by atoms with E-state index in [9.17, 15) is 8.42 Å². The molecule has 23 heavy (non-hydrogen) atoms. The normalized spacial score (nSPS) is 19.1. The standard InChI is InChI=1S/C17H20N2O2S.ClH/c18-16-9-5-11-19(13-16)22(20,21)17-10-4-8-15(12-17)14-6-2-1-3-7-14;/h1-4,6-8,10,12,16H,5,9,11,13,18H2;1H. The average Bonchev–Trinajstić information content (AvgIpc) is 2.56. The number of hydrogen-bond acceptors (Lipinski definition) is 3. The van der Waals surface area contributed by atoms with Crippen molar-refractivity contribution in [1.29, 1.82) is 0 Å². The molecule has 2 aromatic rings. The zero-order valence-corrected chi connectivity index (χ0v) is 14.4. The van der Waals surface area contributed by atoms with Gasteiger partial charge < -0.3 is 5.73 Å². The molecule has 124 valence electrons. The van der Waals surface area contributed by atoms with Crippen LogP contribution in [0.1, 0.15) is 12.8 Å². The van der Waals surface area contributed by atoms with Crippen LogP contribution in [-0.4, -0.2) is 31.9 Å². The molecule has 4 nitrogen and oxygen atoms in total. The molecular formula is C17H21ClN2O2S. The van der Waals surface area contributed by atoms with Crippen LogP contribution in [0.5, 0.6) is 0 Å². The molecule has 2 aromatic carbocycles. The third-order valence-electron chi connectivity index (χ3n) is 4.00. The van der Waals surface area contributed by atoms with Crippen molar-refractivity contribution in [2.45, 2.75) is 23.8 Å². The van der Waals surface area contributed by atoms with Crippen molar-refractivity contribution < 1.29 is 8.42 Å². The lowest BCUT2D eigenvalue weighted by Gasteiger charge is -2.30. The average molecular weight is 353 g/mol. The Balaban J connectivity index is 0.00000192. The van der Waals surface area contributed by atoms with Gasteiger partial charge in [0.05, 0.1) is 4.90 Å². The van der Waals surface area contributed by atoms with Crippen molar-refractivity contribution in [3.8, 4) is 11.1 Å². The second-order valence-corrected chi connectivity index (χ2v) is 7.60. The highest BCUT2D eigenvalue weighted by Crippen LogP contribution is 2.25. The summed E-state index contributed by atoms with van der Waals surface area (Å²) in [5, 5.41) is 0. The van der Waals surface area contributed by atoms with Gasteiger partial charge in [-0.25, -0.2) is 8.42 Å². The van der Waals surface area contributed by atoms with Crippen molar-refractivity contribution in [3.05, 3.63) is 54.6 Å². The van der Waals surface area contributed by atoms with Gasteiger partial charge in [0.15, 0.2) is 0 Å². The van der Waals surface area contributed by atoms with E-state index in [0.29, 0.717) is 18.0 Å². The highest BCUT2D eigenvalue weighted by atomic mass is 35.5. The van der Waals surface area contributed by atoms with Gasteiger partial charge in [0.25, 0.3) is 0 Å². The molecule has 3 rings (SSSR count). The highest BCUT2D eigenvalue weighted by Gasteiger charge is 2.28. The fourth-order valence-corrected chi connectivity index (χ4v) is 4.39. The second kappa shape index (κ2) is 7.45. The predicted octanol–water partition coefficient (Wildman–Crippen LogP) is 2.89. The highest BCUT2D eigenvalue weighted by molar-refractivity contribution is 7.89. The Morgan fingerprint density at radius 2 is 1.70 bits per heavy atom. The summed E-state index contributed by atoms with van der Waals surface area (Å²) < 4.78 is 27.1. The van der Waals surface area contributed by atoms with Gasteiger partial charge in [-0.05, 0) is 36.1 Å². The Bertz CT molecular complexity index is 750. The summed E-state index contributed by atoms with van der Waals surface area (Å²) in [4.78, 5) is 0.336. The van der Waals surface area contributed by atoms with Crippen LogP contribution in [0.2, 0.25) is 0 Å². The molecule has 1 aliphatic rings. The van der Waals surface area contributed by atoms with Crippen molar-refractivity contribution in [3.63, 3.8) is 0 Å². The summed E-state index contributed by atoms with van der Waals surface area (Å²) in [7, 11) is -3.47. The van der Waals surface area contributed by atoms with Crippen molar-refractivity contribution >= 4 is 22.4 Å². The first-order chi connectivity index (χ1) is 10.6. The molecule has 1 unspecified atom stereocenters. The summed E-state index contributed by atoms with van der Waals surface area (Å²) in [6.07, 6.45) is 1.70. The minimum absolute atomic E-state index is 0. The molecule has 0 radical (unpaired) electrons. The number of benzene rings is 2. The number of nitrogens with two attached hydrogens (primary N) is 1. The minimum Gasteiger partial charge on any atom is -0.327 e. The lowest BCUT2D eigenvalue weighted by molar-refractivity contribution is 0.316. The largest absolute Gasteiger partial charge is 0.327 e. The summed E-state index contributed by atoms with van der Waals surface area (Å²) >= 11 is 0. The molecule has 1 fully saturated rings. The number of hydrogen-bond donors (Lipinski definition) is 1. The van der Waals surface area contributed by atoms with Crippen molar-refractivity contribution in [2.24, 2.45) is 5.73 Å². The van der Waals surface area contributed by atoms with Gasteiger partial charge in [-0.1, -0.05) is 42.5 Å². The lowest BCUT2D eigenvalue weighted by atomic mass is 10.1. The monoisotopic (exact) mass is 352 g/mol. The zero-order valence-electron chi connectivity index (χ0n) is 12.8. The van der Waals surface area contributed by atoms with Gasteiger partial charge in [-0.2, -0.15) is 4.31 Å². The van der Waals surface area contributed by atoms with Crippen LogP contribution in [0.3, 0.4) is 0 Å².